The fraction of sp³-hybridized carbons (Fsp3) is 0.500. The molecular weight excluding hydrogens is 222 g/mol. The third-order valence-electron chi connectivity index (χ3n) is 3.99. The van der Waals surface area contributed by atoms with Crippen LogP contribution in [0.5, 0.6) is 0 Å². The molecule has 18 heavy (non-hydrogen) atoms. The maximum absolute atomic E-state index is 5.86. The van der Waals surface area contributed by atoms with Gasteiger partial charge < -0.3 is 10.1 Å². The van der Waals surface area contributed by atoms with Crippen molar-refractivity contribution in [3.63, 3.8) is 0 Å². The van der Waals surface area contributed by atoms with Crippen molar-refractivity contribution >= 4 is 0 Å². The Kier molecular flexibility index (Phi) is 3.37. The molecule has 2 unspecified atom stereocenters. The Bertz CT molecular complexity index is 452. The number of benzene rings is 1. The normalized spacial score (nSPS) is 23.4. The third-order valence-corrected chi connectivity index (χ3v) is 3.99. The first-order valence-electron chi connectivity index (χ1n) is 7.04. The second-order valence-corrected chi connectivity index (χ2v) is 5.14. The number of rotatable bonds is 4. The van der Waals surface area contributed by atoms with Crippen LogP contribution in [-0.2, 0) is 11.2 Å². The first kappa shape index (κ1) is 11.8. The van der Waals surface area contributed by atoms with Gasteiger partial charge in [0.2, 0.25) is 0 Å². The number of hydrogen-bond donors (Lipinski definition) is 1. The van der Waals surface area contributed by atoms with Gasteiger partial charge in [-0.05, 0) is 43.0 Å². The molecular formula is C16H21NO. The van der Waals surface area contributed by atoms with Crippen LogP contribution in [0.1, 0.15) is 36.8 Å². The molecule has 0 spiro atoms. The molecule has 0 aromatic heterocycles. The molecule has 96 valence electrons. The van der Waals surface area contributed by atoms with Crippen LogP contribution < -0.4 is 5.32 Å². The van der Waals surface area contributed by atoms with Crippen LogP contribution in [0.4, 0.5) is 0 Å². The van der Waals surface area contributed by atoms with E-state index in [-0.39, 0.29) is 0 Å². The number of fused-ring (bicyclic) bond motifs is 1. The van der Waals surface area contributed by atoms with E-state index >= 15 is 0 Å². The number of hydrogen-bond acceptors (Lipinski definition) is 2. The van der Waals surface area contributed by atoms with Crippen molar-refractivity contribution in [3.8, 4) is 0 Å². The maximum Gasteiger partial charge on any atom is 0.110 e. The lowest BCUT2D eigenvalue weighted by molar-refractivity contribution is 0.158. The Morgan fingerprint density at radius 1 is 1.39 bits per heavy atom. The van der Waals surface area contributed by atoms with Crippen LogP contribution in [0.2, 0.25) is 0 Å². The average molecular weight is 243 g/mol. The van der Waals surface area contributed by atoms with Crippen molar-refractivity contribution in [3.05, 3.63) is 47.2 Å². The van der Waals surface area contributed by atoms with E-state index in [2.05, 4.69) is 42.6 Å². The van der Waals surface area contributed by atoms with E-state index in [1.807, 2.05) is 0 Å². The zero-order valence-corrected chi connectivity index (χ0v) is 11.0. The smallest absolute Gasteiger partial charge is 0.110 e. The molecule has 3 rings (SSSR count). The van der Waals surface area contributed by atoms with E-state index < -0.39 is 0 Å². The Labute approximate surface area is 109 Å². The summed E-state index contributed by atoms with van der Waals surface area (Å²) in [6.07, 6.45) is 5.77. The van der Waals surface area contributed by atoms with Gasteiger partial charge in [-0.25, -0.2) is 0 Å². The van der Waals surface area contributed by atoms with Crippen molar-refractivity contribution < 1.29 is 4.74 Å². The van der Waals surface area contributed by atoms with Gasteiger partial charge in [-0.1, -0.05) is 31.2 Å². The van der Waals surface area contributed by atoms with E-state index in [1.54, 1.807) is 0 Å². The SMILES string of the molecule is CCNC(C1=CCCCO1)C1Cc2ccccc21. The number of ether oxygens (including phenoxy) is 1. The summed E-state index contributed by atoms with van der Waals surface area (Å²) in [4.78, 5) is 0. The van der Waals surface area contributed by atoms with Crippen molar-refractivity contribution in [2.75, 3.05) is 13.2 Å². The maximum atomic E-state index is 5.86. The predicted molar refractivity (Wildman–Crippen MR) is 73.6 cm³/mol. The molecule has 1 heterocycles. The molecule has 0 saturated carbocycles. The molecule has 2 nitrogen and oxygen atoms in total. The molecule has 1 aromatic carbocycles. The Morgan fingerprint density at radius 3 is 3.00 bits per heavy atom. The van der Waals surface area contributed by atoms with Gasteiger partial charge in [-0.2, -0.15) is 0 Å². The van der Waals surface area contributed by atoms with Crippen LogP contribution in [0.15, 0.2) is 36.1 Å². The minimum absolute atomic E-state index is 0.366. The van der Waals surface area contributed by atoms with Gasteiger partial charge in [0.1, 0.15) is 5.76 Å². The molecule has 2 atom stereocenters. The summed E-state index contributed by atoms with van der Waals surface area (Å²) < 4.78 is 5.86. The van der Waals surface area contributed by atoms with Crippen molar-refractivity contribution in [2.24, 2.45) is 0 Å². The molecule has 2 heteroatoms. The van der Waals surface area contributed by atoms with Crippen LogP contribution in [0.3, 0.4) is 0 Å². The lowest BCUT2D eigenvalue weighted by Crippen LogP contribution is -2.42. The van der Waals surface area contributed by atoms with E-state index in [9.17, 15) is 0 Å². The summed E-state index contributed by atoms with van der Waals surface area (Å²) in [6.45, 7) is 4.03. The predicted octanol–water partition coefficient (Wildman–Crippen LogP) is 3.00. The van der Waals surface area contributed by atoms with E-state index in [0.29, 0.717) is 12.0 Å². The van der Waals surface area contributed by atoms with E-state index in [0.717, 1.165) is 26.0 Å². The van der Waals surface area contributed by atoms with Crippen molar-refractivity contribution in [1.82, 2.24) is 5.32 Å². The van der Waals surface area contributed by atoms with Crippen LogP contribution in [0, 0.1) is 0 Å². The quantitative estimate of drug-likeness (QED) is 0.877. The highest BCUT2D eigenvalue weighted by molar-refractivity contribution is 5.42. The van der Waals surface area contributed by atoms with Gasteiger partial charge in [-0.3, -0.25) is 0 Å². The van der Waals surface area contributed by atoms with Crippen molar-refractivity contribution in [2.45, 2.75) is 38.1 Å². The van der Waals surface area contributed by atoms with Gasteiger partial charge in [0.05, 0.1) is 12.6 Å². The van der Waals surface area contributed by atoms with Gasteiger partial charge >= 0.3 is 0 Å². The van der Waals surface area contributed by atoms with Crippen LogP contribution in [-0.4, -0.2) is 19.2 Å². The third kappa shape index (κ3) is 2.05. The standard InChI is InChI=1S/C16H21NO/c1-2-17-16(15-9-5-6-10-18-15)14-11-12-7-3-4-8-13(12)14/h3-4,7-9,14,16-17H,2,5-6,10-11H2,1H3. The Morgan fingerprint density at radius 2 is 2.28 bits per heavy atom. The van der Waals surface area contributed by atoms with Crippen LogP contribution in [0.25, 0.3) is 0 Å². The minimum atomic E-state index is 0.366. The zero-order valence-electron chi connectivity index (χ0n) is 11.0. The fourth-order valence-corrected chi connectivity index (χ4v) is 3.05. The molecule has 1 N–H and O–H groups in total. The number of allylic oxidation sites excluding steroid dienone is 1. The molecule has 0 saturated heterocycles. The first-order chi connectivity index (χ1) is 8.90. The fourth-order valence-electron chi connectivity index (χ4n) is 3.05. The molecule has 0 amide bonds. The number of likely N-dealkylation sites (N-methyl/N-ethyl adjacent to an activating group) is 1. The van der Waals surface area contributed by atoms with Gasteiger partial charge in [0.15, 0.2) is 0 Å². The van der Waals surface area contributed by atoms with E-state index in [1.165, 1.54) is 23.3 Å². The summed E-state index contributed by atoms with van der Waals surface area (Å²) in [5.41, 5.74) is 3.00. The monoisotopic (exact) mass is 243 g/mol. The summed E-state index contributed by atoms with van der Waals surface area (Å²) in [6, 6.07) is 9.14. The van der Waals surface area contributed by atoms with Gasteiger partial charge in [-0.15, -0.1) is 0 Å². The zero-order chi connectivity index (χ0) is 12.4. The average Bonchev–Trinajstić information content (AvgIpc) is 2.40. The highest BCUT2D eigenvalue weighted by Crippen LogP contribution is 2.40. The lowest BCUT2D eigenvalue weighted by atomic mass is 9.72. The second kappa shape index (κ2) is 5.15. The molecule has 2 aliphatic rings. The van der Waals surface area contributed by atoms with E-state index in [4.69, 9.17) is 4.74 Å². The molecule has 0 fully saturated rings. The van der Waals surface area contributed by atoms with Gasteiger partial charge in [0, 0.05) is 5.92 Å². The van der Waals surface area contributed by atoms with Gasteiger partial charge in [0.25, 0.3) is 0 Å². The summed E-state index contributed by atoms with van der Waals surface area (Å²) >= 11 is 0. The number of nitrogens with one attached hydrogen (secondary N) is 1. The lowest BCUT2D eigenvalue weighted by Gasteiger charge is -2.38. The highest BCUT2D eigenvalue weighted by atomic mass is 16.5. The van der Waals surface area contributed by atoms with Crippen LogP contribution >= 0.6 is 0 Å². The molecule has 1 aliphatic heterocycles. The first-order valence-corrected chi connectivity index (χ1v) is 7.04. The molecule has 0 radical (unpaired) electrons. The largest absolute Gasteiger partial charge is 0.497 e. The molecule has 1 aromatic rings. The van der Waals surface area contributed by atoms with Crippen molar-refractivity contribution in [1.29, 1.82) is 0 Å². The minimum Gasteiger partial charge on any atom is -0.497 e. The highest BCUT2D eigenvalue weighted by Gasteiger charge is 2.35. The Balaban J connectivity index is 1.81. The molecule has 0 bridgehead atoms. The summed E-state index contributed by atoms with van der Waals surface area (Å²) in [7, 11) is 0. The summed E-state index contributed by atoms with van der Waals surface area (Å²) in [5, 5.41) is 3.60. The second-order valence-electron chi connectivity index (χ2n) is 5.14. The molecule has 1 aliphatic carbocycles. The summed E-state index contributed by atoms with van der Waals surface area (Å²) in [5.74, 6) is 1.76. The Hall–Kier alpha value is -1.28. The topological polar surface area (TPSA) is 21.3 Å².